The lowest BCUT2D eigenvalue weighted by Crippen LogP contribution is -2.30. The highest BCUT2D eigenvalue weighted by Gasteiger charge is 2.69. The van der Waals surface area contributed by atoms with E-state index in [0.717, 1.165) is 11.1 Å². The molecule has 0 unspecified atom stereocenters. The van der Waals surface area contributed by atoms with Crippen LogP contribution in [-0.4, -0.2) is 11.8 Å². The van der Waals surface area contributed by atoms with Gasteiger partial charge in [-0.2, -0.15) is 0 Å². The van der Waals surface area contributed by atoms with Crippen molar-refractivity contribution in [2.75, 3.05) is 0 Å². The quantitative estimate of drug-likeness (QED) is 0.686. The minimum absolute atomic E-state index is 0.111. The number of amides is 2. The van der Waals surface area contributed by atoms with E-state index in [4.69, 9.17) is 0 Å². The first kappa shape index (κ1) is 8.65. The molecule has 0 spiro atoms. The molecule has 1 aromatic rings. The highest BCUT2D eigenvalue weighted by Crippen LogP contribution is 2.57. The van der Waals surface area contributed by atoms with Crippen molar-refractivity contribution in [2.24, 2.45) is 5.92 Å². The Kier molecular flexibility index (Phi) is 1.43. The summed E-state index contributed by atoms with van der Waals surface area (Å²) < 4.78 is 0. The lowest BCUT2D eigenvalue weighted by atomic mass is 9.93. The Balaban J connectivity index is 2.06. The Morgan fingerprint density at radius 1 is 1.27 bits per heavy atom. The van der Waals surface area contributed by atoms with Gasteiger partial charge in [0.25, 0.3) is 0 Å². The van der Waals surface area contributed by atoms with E-state index in [1.807, 2.05) is 31.2 Å². The normalized spacial score (nSPS) is 32.5. The number of imide groups is 1. The molecule has 1 N–H and O–H groups in total. The first-order valence-electron chi connectivity index (χ1n) is 5.07. The number of nitrogens with one attached hydrogen (secondary N) is 1. The van der Waals surface area contributed by atoms with Crippen LogP contribution < -0.4 is 5.32 Å². The molecule has 76 valence electrons. The zero-order valence-electron chi connectivity index (χ0n) is 8.41. The Hall–Kier alpha value is -1.64. The second kappa shape index (κ2) is 2.48. The monoisotopic (exact) mass is 201 g/mol. The molecule has 1 aromatic carbocycles. The van der Waals surface area contributed by atoms with E-state index in [2.05, 4.69) is 5.32 Å². The van der Waals surface area contributed by atoms with Gasteiger partial charge in [-0.3, -0.25) is 14.9 Å². The third kappa shape index (κ3) is 0.950. The molecule has 1 saturated heterocycles. The average molecular weight is 201 g/mol. The molecule has 0 radical (unpaired) electrons. The number of aryl methyl sites for hydroxylation is 1. The smallest absolute Gasteiger partial charge is 0.238 e. The number of fused-ring (bicyclic) bond motifs is 1. The van der Waals surface area contributed by atoms with Crippen LogP contribution in [0.1, 0.15) is 17.5 Å². The van der Waals surface area contributed by atoms with Gasteiger partial charge in [-0.05, 0) is 18.9 Å². The number of rotatable bonds is 1. The van der Waals surface area contributed by atoms with Crippen molar-refractivity contribution in [1.82, 2.24) is 5.32 Å². The van der Waals surface area contributed by atoms with Crippen molar-refractivity contribution in [1.29, 1.82) is 0 Å². The largest absolute Gasteiger partial charge is 0.295 e. The highest BCUT2D eigenvalue weighted by atomic mass is 16.2. The Labute approximate surface area is 87.5 Å². The lowest BCUT2D eigenvalue weighted by molar-refractivity contribution is -0.127. The van der Waals surface area contributed by atoms with Crippen LogP contribution in [-0.2, 0) is 15.0 Å². The zero-order valence-corrected chi connectivity index (χ0v) is 8.41. The maximum Gasteiger partial charge on any atom is 0.238 e. The predicted octanol–water partition coefficient (Wildman–Crippen LogP) is 0.909. The van der Waals surface area contributed by atoms with E-state index in [1.165, 1.54) is 0 Å². The summed E-state index contributed by atoms with van der Waals surface area (Å²) in [5.74, 6) is -0.352. The fraction of sp³-hybridized carbons (Fsp3) is 0.333. The van der Waals surface area contributed by atoms with E-state index in [9.17, 15) is 9.59 Å². The molecular weight excluding hydrogens is 190 g/mol. The first-order valence-corrected chi connectivity index (χ1v) is 5.07. The van der Waals surface area contributed by atoms with E-state index in [0.29, 0.717) is 6.42 Å². The molecule has 3 heteroatoms. The second-order valence-corrected chi connectivity index (χ2v) is 4.41. The van der Waals surface area contributed by atoms with Crippen LogP contribution in [0.5, 0.6) is 0 Å². The molecule has 1 saturated carbocycles. The van der Waals surface area contributed by atoms with Crippen LogP contribution in [0.2, 0.25) is 0 Å². The Morgan fingerprint density at radius 2 is 1.93 bits per heavy atom. The number of benzene rings is 1. The molecule has 2 atom stereocenters. The molecule has 0 aromatic heterocycles. The molecular formula is C12H11NO2. The zero-order chi connectivity index (χ0) is 10.6. The van der Waals surface area contributed by atoms with Gasteiger partial charge in [-0.25, -0.2) is 0 Å². The Morgan fingerprint density at radius 3 is 2.40 bits per heavy atom. The summed E-state index contributed by atoms with van der Waals surface area (Å²) in [5, 5.41) is 2.39. The number of hydrogen-bond acceptors (Lipinski definition) is 2. The summed E-state index contributed by atoms with van der Waals surface area (Å²) >= 11 is 0. The fourth-order valence-corrected chi connectivity index (χ4v) is 2.44. The minimum Gasteiger partial charge on any atom is -0.295 e. The molecule has 2 fully saturated rings. The molecule has 0 bridgehead atoms. The average Bonchev–Trinajstić information content (AvgIpc) is 2.90. The van der Waals surface area contributed by atoms with Crippen molar-refractivity contribution < 1.29 is 9.59 Å². The van der Waals surface area contributed by atoms with Crippen LogP contribution in [0, 0.1) is 12.8 Å². The molecule has 15 heavy (non-hydrogen) atoms. The van der Waals surface area contributed by atoms with Gasteiger partial charge in [0, 0.05) is 0 Å². The Bertz CT molecular complexity index is 463. The van der Waals surface area contributed by atoms with Gasteiger partial charge in [0.1, 0.15) is 0 Å². The molecule has 2 amide bonds. The van der Waals surface area contributed by atoms with Crippen molar-refractivity contribution >= 4 is 11.8 Å². The molecule has 1 heterocycles. The molecule has 1 aliphatic heterocycles. The maximum atomic E-state index is 11.7. The number of carbonyl (C=O) groups is 2. The van der Waals surface area contributed by atoms with E-state index in [1.54, 1.807) is 0 Å². The van der Waals surface area contributed by atoms with Crippen molar-refractivity contribution in [3.05, 3.63) is 35.4 Å². The number of carbonyl (C=O) groups excluding carboxylic acids is 2. The van der Waals surface area contributed by atoms with Crippen molar-refractivity contribution in [3.8, 4) is 0 Å². The van der Waals surface area contributed by atoms with Gasteiger partial charge in [-0.15, -0.1) is 0 Å². The van der Waals surface area contributed by atoms with Gasteiger partial charge in [-0.1, -0.05) is 29.8 Å². The summed E-state index contributed by atoms with van der Waals surface area (Å²) in [6.45, 7) is 2.01. The van der Waals surface area contributed by atoms with Crippen LogP contribution in [0.25, 0.3) is 0 Å². The summed E-state index contributed by atoms with van der Waals surface area (Å²) in [4.78, 5) is 23.0. The topological polar surface area (TPSA) is 46.2 Å². The van der Waals surface area contributed by atoms with Crippen molar-refractivity contribution in [3.63, 3.8) is 0 Å². The van der Waals surface area contributed by atoms with Crippen LogP contribution >= 0.6 is 0 Å². The molecule has 3 nitrogen and oxygen atoms in total. The van der Waals surface area contributed by atoms with Gasteiger partial charge in [0.05, 0.1) is 11.3 Å². The number of piperidine rings is 1. The van der Waals surface area contributed by atoms with E-state index < -0.39 is 5.41 Å². The van der Waals surface area contributed by atoms with Crippen molar-refractivity contribution in [2.45, 2.75) is 18.8 Å². The lowest BCUT2D eigenvalue weighted by Gasteiger charge is -2.09. The van der Waals surface area contributed by atoms with Gasteiger partial charge in [0.2, 0.25) is 11.8 Å². The van der Waals surface area contributed by atoms with Crippen LogP contribution in [0.3, 0.4) is 0 Å². The maximum absolute atomic E-state index is 11.7. The van der Waals surface area contributed by atoms with Gasteiger partial charge >= 0.3 is 0 Å². The van der Waals surface area contributed by atoms with Gasteiger partial charge < -0.3 is 0 Å². The first-order chi connectivity index (χ1) is 7.14. The third-order valence-corrected chi connectivity index (χ3v) is 3.49. The predicted molar refractivity (Wildman–Crippen MR) is 54.1 cm³/mol. The van der Waals surface area contributed by atoms with Crippen LogP contribution in [0.4, 0.5) is 0 Å². The molecule has 1 aliphatic carbocycles. The molecule has 3 rings (SSSR count). The fourth-order valence-electron chi connectivity index (χ4n) is 2.44. The summed E-state index contributed by atoms with van der Waals surface area (Å²) in [6, 6.07) is 7.87. The van der Waals surface area contributed by atoms with Gasteiger partial charge in [0.15, 0.2) is 0 Å². The van der Waals surface area contributed by atoms with E-state index in [-0.39, 0.29) is 17.7 Å². The summed E-state index contributed by atoms with van der Waals surface area (Å²) in [5.41, 5.74) is 1.61. The van der Waals surface area contributed by atoms with E-state index >= 15 is 0 Å². The summed E-state index contributed by atoms with van der Waals surface area (Å²) in [6.07, 6.45) is 0.681. The third-order valence-electron chi connectivity index (χ3n) is 3.49. The standard InChI is InChI=1S/C12H11NO2/c1-7-2-4-8(5-3-7)12-6-9(12)10(14)13-11(12)15/h2-5,9H,6H2,1H3,(H,13,14,15)/t9-,12-/m1/s1. The van der Waals surface area contributed by atoms with Crippen LogP contribution in [0.15, 0.2) is 24.3 Å². The summed E-state index contributed by atoms with van der Waals surface area (Å²) in [7, 11) is 0. The number of hydrogen-bond donors (Lipinski definition) is 1. The minimum atomic E-state index is -0.523. The highest BCUT2D eigenvalue weighted by molar-refractivity contribution is 6.15. The second-order valence-electron chi connectivity index (χ2n) is 4.41. The molecule has 2 aliphatic rings. The SMILES string of the molecule is Cc1ccc([C@]23C[C@@H]2C(=O)NC3=O)cc1.